The Morgan fingerprint density at radius 3 is 1.78 bits per heavy atom. The van der Waals surface area contributed by atoms with Gasteiger partial charge in [0.15, 0.2) is 0 Å². The molecule has 3 nitrogen and oxygen atoms in total. The summed E-state index contributed by atoms with van der Waals surface area (Å²) >= 11 is 0. The van der Waals surface area contributed by atoms with Crippen molar-refractivity contribution in [1.82, 2.24) is 0 Å². The summed E-state index contributed by atoms with van der Waals surface area (Å²) < 4.78 is 10.6. The minimum absolute atomic E-state index is 0.201. The third-order valence-electron chi connectivity index (χ3n) is 5.78. The smallest absolute Gasteiger partial charge is 0.317 e. The molecule has 4 rings (SSSR count). The van der Waals surface area contributed by atoms with Crippen molar-refractivity contribution in [3.63, 3.8) is 0 Å². The van der Waals surface area contributed by atoms with E-state index in [1.54, 1.807) is 7.11 Å². The number of carbonyl (C=O) groups excluding carboxylic acids is 1. The van der Waals surface area contributed by atoms with E-state index in [0.717, 1.165) is 22.4 Å². The first-order chi connectivity index (χ1) is 13.2. The Bertz CT molecular complexity index is 934. The summed E-state index contributed by atoms with van der Waals surface area (Å²) in [6.45, 7) is 0. The van der Waals surface area contributed by atoms with Gasteiger partial charge >= 0.3 is 5.97 Å². The normalized spacial score (nSPS) is 23.5. The van der Waals surface area contributed by atoms with Gasteiger partial charge in [-0.15, -0.1) is 0 Å². The summed E-state index contributed by atoms with van der Waals surface area (Å²) in [6, 6.07) is 28.2. The minimum Gasteiger partial charge on any atom is -0.497 e. The number of methoxy groups -OCH3 is 2. The van der Waals surface area contributed by atoms with E-state index < -0.39 is 10.8 Å². The van der Waals surface area contributed by atoms with Crippen molar-refractivity contribution >= 4 is 5.97 Å². The van der Waals surface area contributed by atoms with E-state index in [0.29, 0.717) is 6.42 Å². The van der Waals surface area contributed by atoms with Gasteiger partial charge in [-0.1, -0.05) is 72.8 Å². The largest absolute Gasteiger partial charge is 0.497 e. The maximum absolute atomic E-state index is 13.1. The lowest BCUT2D eigenvalue weighted by Crippen LogP contribution is -2.32. The molecule has 0 unspecified atom stereocenters. The second-order valence-corrected chi connectivity index (χ2v) is 6.94. The molecule has 0 radical (unpaired) electrons. The molecule has 0 bridgehead atoms. The Kier molecular flexibility index (Phi) is 4.23. The Labute approximate surface area is 159 Å². The number of rotatable bonds is 5. The van der Waals surface area contributed by atoms with Gasteiger partial charge in [-0.3, -0.25) is 4.79 Å². The molecule has 0 N–H and O–H groups in total. The molecule has 1 fully saturated rings. The van der Waals surface area contributed by atoms with Crippen LogP contribution in [0, 0.1) is 0 Å². The highest BCUT2D eigenvalue weighted by Crippen LogP contribution is 2.69. The third-order valence-corrected chi connectivity index (χ3v) is 5.78. The molecule has 0 saturated heterocycles. The Balaban J connectivity index is 1.96. The molecule has 0 heterocycles. The van der Waals surface area contributed by atoms with Crippen molar-refractivity contribution in [2.75, 3.05) is 14.2 Å². The second-order valence-electron chi connectivity index (χ2n) is 6.94. The molecule has 136 valence electrons. The van der Waals surface area contributed by atoms with Crippen LogP contribution in [0.3, 0.4) is 0 Å². The monoisotopic (exact) mass is 358 g/mol. The highest BCUT2D eigenvalue weighted by Gasteiger charge is 2.74. The predicted molar refractivity (Wildman–Crippen MR) is 105 cm³/mol. The van der Waals surface area contributed by atoms with Crippen LogP contribution in [-0.2, 0) is 20.4 Å². The zero-order valence-electron chi connectivity index (χ0n) is 15.5. The summed E-state index contributed by atoms with van der Waals surface area (Å²) in [5.41, 5.74) is 1.98. The predicted octanol–water partition coefficient (Wildman–Crippen LogP) is 4.50. The summed E-state index contributed by atoms with van der Waals surface area (Å²) in [5, 5.41) is 0. The highest BCUT2D eigenvalue weighted by atomic mass is 16.5. The molecule has 0 aromatic heterocycles. The molecule has 1 aliphatic carbocycles. The van der Waals surface area contributed by atoms with Crippen LogP contribution in [0.5, 0.6) is 5.75 Å². The Hall–Kier alpha value is -3.07. The lowest BCUT2D eigenvalue weighted by atomic mass is 9.77. The van der Waals surface area contributed by atoms with Crippen LogP contribution >= 0.6 is 0 Å². The SMILES string of the molecule is COC(=O)[C@]1(c2ccccc2)C[C@]1(c1ccccc1)c1ccc(OC)cc1. The number of hydrogen-bond donors (Lipinski definition) is 0. The van der Waals surface area contributed by atoms with Gasteiger partial charge in [0.1, 0.15) is 11.2 Å². The first-order valence-corrected chi connectivity index (χ1v) is 9.03. The first kappa shape index (κ1) is 17.3. The van der Waals surface area contributed by atoms with Gasteiger partial charge in [-0.05, 0) is 35.2 Å². The number of hydrogen-bond acceptors (Lipinski definition) is 3. The van der Waals surface area contributed by atoms with Gasteiger partial charge in [0.05, 0.1) is 14.2 Å². The lowest BCUT2D eigenvalue weighted by molar-refractivity contribution is -0.144. The van der Waals surface area contributed by atoms with E-state index in [1.807, 2.05) is 60.7 Å². The van der Waals surface area contributed by atoms with Crippen LogP contribution in [-0.4, -0.2) is 20.2 Å². The van der Waals surface area contributed by atoms with E-state index >= 15 is 0 Å². The summed E-state index contributed by atoms with van der Waals surface area (Å²) in [7, 11) is 3.12. The molecule has 2 atom stereocenters. The standard InChI is InChI=1S/C24H22O3/c1-26-21-15-13-20(14-16-21)23(18-9-5-3-6-10-18)17-24(23,22(25)27-2)19-11-7-4-8-12-19/h3-16H,17H2,1-2H3/t23-,24+/m0/s1. The first-order valence-electron chi connectivity index (χ1n) is 9.03. The van der Waals surface area contributed by atoms with E-state index in [4.69, 9.17) is 9.47 Å². The van der Waals surface area contributed by atoms with Crippen LogP contribution in [0.4, 0.5) is 0 Å². The van der Waals surface area contributed by atoms with Crippen LogP contribution in [0.15, 0.2) is 84.9 Å². The van der Waals surface area contributed by atoms with E-state index in [9.17, 15) is 4.79 Å². The molecule has 3 aromatic carbocycles. The zero-order valence-corrected chi connectivity index (χ0v) is 15.5. The molecule has 3 heteroatoms. The average molecular weight is 358 g/mol. The fourth-order valence-corrected chi connectivity index (χ4v) is 4.42. The van der Waals surface area contributed by atoms with Crippen molar-refractivity contribution < 1.29 is 14.3 Å². The van der Waals surface area contributed by atoms with Crippen LogP contribution in [0.25, 0.3) is 0 Å². The van der Waals surface area contributed by atoms with Gasteiger partial charge in [0.2, 0.25) is 0 Å². The quantitative estimate of drug-likeness (QED) is 0.630. The van der Waals surface area contributed by atoms with Crippen molar-refractivity contribution in [2.45, 2.75) is 17.3 Å². The zero-order chi connectivity index (χ0) is 18.9. The minimum atomic E-state index is -0.737. The molecule has 3 aromatic rings. The van der Waals surface area contributed by atoms with E-state index in [1.165, 1.54) is 7.11 Å². The van der Waals surface area contributed by atoms with Gasteiger partial charge in [0.25, 0.3) is 0 Å². The molecule has 27 heavy (non-hydrogen) atoms. The topological polar surface area (TPSA) is 35.5 Å². The molecule has 1 aliphatic rings. The highest BCUT2D eigenvalue weighted by molar-refractivity contribution is 5.93. The van der Waals surface area contributed by atoms with Crippen LogP contribution in [0.2, 0.25) is 0 Å². The summed E-state index contributed by atoms with van der Waals surface area (Å²) in [5.74, 6) is 0.597. The maximum Gasteiger partial charge on any atom is 0.317 e. The van der Waals surface area contributed by atoms with E-state index in [-0.39, 0.29) is 5.97 Å². The number of ether oxygens (including phenoxy) is 2. The Morgan fingerprint density at radius 2 is 1.26 bits per heavy atom. The maximum atomic E-state index is 13.1. The molecule has 0 amide bonds. The fourth-order valence-electron chi connectivity index (χ4n) is 4.42. The van der Waals surface area contributed by atoms with Gasteiger partial charge in [-0.2, -0.15) is 0 Å². The van der Waals surface area contributed by atoms with Crippen LogP contribution < -0.4 is 4.74 Å². The average Bonchev–Trinajstić information content (AvgIpc) is 3.47. The number of carbonyl (C=O) groups is 1. The van der Waals surface area contributed by atoms with Crippen LogP contribution in [0.1, 0.15) is 23.1 Å². The summed E-state index contributed by atoms with van der Waals surface area (Å²) in [6.07, 6.45) is 0.674. The molecular weight excluding hydrogens is 336 g/mol. The van der Waals surface area contributed by atoms with Crippen molar-refractivity contribution in [3.8, 4) is 5.75 Å². The van der Waals surface area contributed by atoms with Crippen molar-refractivity contribution in [3.05, 3.63) is 102 Å². The van der Waals surface area contributed by atoms with Gasteiger partial charge in [-0.25, -0.2) is 0 Å². The summed E-state index contributed by atoms with van der Waals surface area (Å²) in [4.78, 5) is 13.1. The number of esters is 1. The second kappa shape index (κ2) is 6.58. The molecule has 0 spiro atoms. The van der Waals surface area contributed by atoms with Crippen molar-refractivity contribution in [2.24, 2.45) is 0 Å². The Morgan fingerprint density at radius 1 is 0.741 bits per heavy atom. The molecule has 1 saturated carbocycles. The van der Waals surface area contributed by atoms with Crippen molar-refractivity contribution in [1.29, 1.82) is 0 Å². The molecular formula is C24H22O3. The third kappa shape index (κ3) is 2.46. The number of benzene rings is 3. The van der Waals surface area contributed by atoms with Gasteiger partial charge in [0, 0.05) is 5.41 Å². The fraction of sp³-hybridized carbons (Fsp3) is 0.208. The van der Waals surface area contributed by atoms with Gasteiger partial charge < -0.3 is 9.47 Å². The molecule has 0 aliphatic heterocycles. The lowest BCUT2D eigenvalue weighted by Gasteiger charge is -2.26. The van der Waals surface area contributed by atoms with E-state index in [2.05, 4.69) is 24.3 Å².